The molecule has 3 aromatic heterocycles. The Kier molecular flexibility index (Phi) is 9.53. The van der Waals surface area contributed by atoms with Crippen molar-refractivity contribution in [2.45, 2.75) is 0 Å². The molecule has 0 aliphatic carbocycles. The van der Waals surface area contributed by atoms with Crippen molar-refractivity contribution in [3.63, 3.8) is 0 Å². The molecule has 0 radical (unpaired) electrons. The van der Waals surface area contributed by atoms with Crippen molar-refractivity contribution in [3.05, 3.63) is 261 Å². The first-order valence-corrected chi connectivity index (χ1v) is 24.3. The third-order valence-corrected chi connectivity index (χ3v) is 14.3. The van der Waals surface area contributed by atoms with Crippen molar-refractivity contribution < 1.29 is 0 Å². The Morgan fingerprint density at radius 2 is 0.493 bits per heavy atom. The summed E-state index contributed by atoms with van der Waals surface area (Å²) in [4.78, 5) is 10.9. The largest absolute Gasteiger partial charge is 0.309 e. The van der Waals surface area contributed by atoms with Gasteiger partial charge in [0, 0.05) is 38.7 Å². The number of aromatic nitrogens is 3. The minimum absolute atomic E-state index is 0.918. The molecule has 3 heterocycles. The second kappa shape index (κ2) is 16.7. The maximum Gasteiger partial charge on any atom is 0.0715 e. The van der Waals surface area contributed by atoms with Gasteiger partial charge < -0.3 is 4.57 Å². The fourth-order valence-corrected chi connectivity index (χ4v) is 10.7. The Balaban J connectivity index is 1.04. The van der Waals surface area contributed by atoms with Crippen LogP contribution in [-0.4, -0.2) is 14.5 Å². The van der Waals surface area contributed by atoms with E-state index in [9.17, 15) is 0 Å². The topological polar surface area (TPSA) is 30.7 Å². The summed E-state index contributed by atoms with van der Waals surface area (Å²) < 4.78 is 2.43. The van der Waals surface area contributed by atoms with E-state index in [0.29, 0.717) is 0 Å². The molecule has 14 rings (SSSR count). The number of nitrogens with zero attached hydrogens (tertiary/aromatic N) is 3. The van der Waals surface area contributed by atoms with E-state index in [-0.39, 0.29) is 0 Å². The minimum Gasteiger partial charge on any atom is -0.309 e. The number of para-hydroxylation sites is 2. The van der Waals surface area contributed by atoms with Crippen LogP contribution in [0, 0.1) is 0 Å². The molecule has 0 bridgehead atoms. The Bertz CT molecular complexity index is 3950. The Morgan fingerprint density at radius 1 is 0.211 bits per heavy atom. The van der Waals surface area contributed by atoms with E-state index in [1.54, 1.807) is 0 Å². The van der Waals surface area contributed by atoms with Crippen LogP contribution in [-0.2, 0) is 0 Å². The van der Waals surface area contributed by atoms with Gasteiger partial charge in [0.2, 0.25) is 0 Å². The lowest BCUT2D eigenvalue weighted by atomic mass is 9.93. The summed E-state index contributed by atoms with van der Waals surface area (Å²) in [7, 11) is 0. The smallest absolute Gasteiger partial charge is 0.0715 e. The van der Waals surface area contributed by atoms with Crippen molar-refractivity contribution in [2.75, 3.05) is 0 Å². The van der Waals surface area contributed by atoms with Gasteiger partial charge in [0.05, 0.1) is 33.8 Å². The fraction of sp³-hybridized carbons (Fsp3) is 0. The van der Waals surface area contributed by atoms with Crippen molar-refractivity contribution >= 4 is 64.9 Å². The molecule has 0 saturated heterocycles. The summed E-state index contributed by atoms with van der Waals surface area (Å²) >= 11 is 0. The maximum atomic E-state index is 5.47. The van der Waals surface area contributed by atoms with E-state index >= 15 is 0 Å². The van der Waals surface area contributed by atoms with Crippen LogP contribution in [0.4, 0.5) is 0 Å². The normalized spacial score (nSPS) is 11.7. The molecule has 14 aromatic rings. The van der Waals surface area contributed by atoms with Gasteiger partial charge in [0.15, 0.2) is 0 Å². The zero-order valence-electron chi connectivity index (χ0n) is 38.7. The molecule has 0 spiro atoms. The lowest BCUT2D eigenvalue weighted by Crippen LogP contribution is -1.98. The van der Waals surface area contributed by atoms with Crippen LogP contribution in [0.25, 0.3) is 138 Å². The standard InChI is InChI=1S/C68H43N3/c1-5-17-48-33-52(29-25-44(48)13-1)63-40-58(41-64(69-63)53-30-26-45-14-2-6-18-49(45)34-53)56-37-57(39-60(38-56)71-67-23-11-9-21-61(67)62-22-10-12-24-68(62)71)59-42-65(54-31-27-46-15-3-7-19-50(46)35-54)70-66(43-59)55-32-28-47-16-4-8-20-51(47)36-55/h1-43H. The third-order valence-electron chi connectivity index (χ3n) is 14.3. The van der Waals surface area contributed by atoms with E-state index < -0.39 is 0 Å². The zero-order valence-corrected chi connectivity index (χ0v) is 38.7. The molecule has 0 atom stereocenters. The number of benzene rings is 11. The number of pyridine rings is 2. The highest BCUT2D eigenvalue weighted by Gasteiger charge is 2.18. The molecular formula is C68H43N3. The fourth-order valence-electron chi connectivity index (χ4n) is 10.7. The zero-order chi connectivity index (χ0) is 46.8. The van der Waals surface area contributed by atoms with E-state index in [1.165, 1.54) is 53.9 Å². The first-order chi connectivity index (χ1) is 35.1. The van der Waals surface area contributed by atoms with Crippen LogP contribution < -0.4 is 0 Å². The molecule has 0 aliphatic heterocycles. The van der Waals surface area contributed by atoms with Gasteiger partial charge in [-0.1, -0.05) is 182 Å². The molecule has 0 amide bonds. The van der Waals surface area contributed by atoms with Gasteiger partial charge in [-0.15, -0.1) is 0 Å². The SMILES string of the molecule is c1ccc2cc(-c3cc(-c4cc(-c5cc(-c6ccc7ccccc7c6)nc(-c6ccc7ccccc7c6)c5)cc(-n5c6ccccc6c6ccccc65)c4)cc(-c4ccc5ccccc5c4)n3)ccc2c1. The first-order valence-electron chi connectivity index (χ1n) is 24.3. The van der Waals surface area contributed by atoms with E-state index in [0.717, 1.165) is 84.0 Å². The molecule has 0 saturated carbocycles. The van der Waals surface area contributed by atoms with Gasteiger partial charge in [-0.3, -0.25) is 0 Å². The van der Waals surface area contributed by atoms with E-state index in [1.807, 2.05) is 0 Å². The maximum absolute atomic E-state index is 5.47. The molecule has 3 heteroatoms. The summed E-state index contributed by atoms with van der Waals surface area (Å²) in [6.07, 6.45) is 0. The van der Waals surface area contributed by atoms with Crippen molar-refractivity contribution in [2.24, 2.45) is 0 Å². The number of fused-ring (bicyclic) bond motifs is 7. The second-order valence-corrected chi connectivity index (χ2v) is 18.6. The number of hydrogen-bond donors (Lipinski definition) is 0. The van der Waals surface area contributed by atoms with Gasteiger partial charge in [-0.2, -0.15) is 0 Å². The van der Waals surface area contributed by atoms with Crippen LogP contribution in [0.5, 0.6) is 0 Å². The molecule has 330 valence electrons. The van der Waals surface area contributed by atoms with Crippen molar-refractivity contribution in [1.29, 1.82) is 0 Å². The molecule has 0 unspecified atom stereocenters. The summed E-state index contributed by atoms with van der Waals surface area (Å²) in [5.41, 5.74) is 15.7. The minimum atomic E-state index is 0.918. The predicted octanol–water partition coefficient (Wildman–Crippen LogP) is 18.2. The lowest BCUT2D eigenvalue weighted by Gasteiger charge is -2.17. The highest BCUT2D eigenvalue weighted by Crippen LogP contribution is 2.40. The van der Waals surface area contributed by atoms with Crippen molar-refractivity contribution in [3.8, 4) is 73.0 Å². The molecule has 0 aliphatic rings. The Hall–Kier alpha value is -9.44. The molecule has 71 heavy (non-hydrogen) atoms. The quantitative estimate of drug-likeness (QED) is 0.160. The van der Waals surface area contributed by atoms with Gasteiger partial charge >= 0.3 is 0 Å². The van der Waals surface area contributed by atoms with E-state index in [2.05, 4.69) is 265 Å². The molecular weight excluding hydrogens is 859 g/mol. The van der Waals surface area contributed by atoms with Crippen LogP contribution in [0.1, 0.15) is 0 Å². The van der Waals surface area contributed by atoms with Gasteiger partial charge in [0.1, 0.15) is 0 Å². The van der Waals surface area contributed by atoms with Gasteiger partial charge in [-0.05, 0) is 144 Å². The molecule has 3 nitrogen and oxygen atoms in total. The average Bonchev–Trinajstić information content (AvgIpc) is 3.78. The van der Waals surface area contributed by atoms with Crippen LogP contribution in [0.3, 0.4) is 0 Å². The number of hydrogen-bond acceptors (Lipinski definition) is 2. The summed E-state index contributed by atoms with van der Waals surface area (Å²) in [5, 5.41) is 12.0. The van der Waals surface area contributed by atoms with Crippen molar-refractivity contribution in [1.82, 2.24) is 14.5 Å². The second-order valence-electron chi connectivity index (χ2n) is 18.6. The molecule has 0 fully saturated rings. The number of rotatable bonds is 7. The summed E-state index contributed by atoms with van der Waals surface area (Å²) in [6.45, 7) is 0. The Morgan fingerprint density at radius 3 is 0.831 bits per heavy atom. The Labute approximate surface area is 411 Å². The summed E-state index contributed by atoms with van der Waals surface area (Å²) in [5.74, 6) is 0. The average molecular weight is 902 g/mol. The first kappa shape index (κ1) is 40.6. The highest BCUT2D eigenvalue weighted by molar-refractivity contribution is 6.09. The van der Waals surface area contributed by atoms with Gasteiger partial charge in [-0.25, -0.2) is 9.97 Å². The lowest BCUT2D eigenvalue weighted by molar-refractivity contribution is 1.18. The van der Waals surface area contributed by atoms with Crippen LogP contribution in [0.2, 0.25) is 0 Å². The van der Waals surface area contributed by atoms with Crippen LogP contribution in [0.15, 0.2) is 261 Å². The van der Waals surface area contributed by atoms with E-state index in [4.69, 9.17) is 9.97 Å². The van der Waals surface area contributed by atoms with Gasteiger partial charge in [0.25, 0.3) is 0 Å². The predicted molar refractivity (Wildman–Crippen MR) is 299 cm³/mol. The molecule has 11 aromatic carbocycles. The highest BCUT2D eigenvalue weighted by atomic mass is 15.0. The third kappa shape index (κ3) is 7.31. The van der Waals surface area contributed by atoms with Crippen LogP contribution >= 0.6 is 0 Å². The molecule has 0 N–H and O–H groups in total. The monoisotopic (exact) mass is 901 g/mol. The summed E-state index contributed by atoms with van der Waals surface area (Å²) in [6, 6.07) is 94.7.